The molecule has 0 heterocycles. The fraction of sp³-hybridized carbons (Fsp3) is 0. The van der Waals surface area contributed by atoms with Gasteiger partial charge in [0.1, 0.15) is 5.75 Å². The van der Waals surface area contributed by atoms with Crippen molar-refractivity contribution in [3.63, 3.8) is 0 Å². The lowest BCUT2D eigenvalue weighted by Gasteiger charge is -2.10. The molecule has 1 N–H and O–H groups in total. The van der Waals surface area contributed by atoms with Gasteiger partial charge in [0.25, 0.3) is 5.91 Å². The first kappa shape index (κ1) is 23.0. The molecule has 8 heteroatoms. The summed E-state index contributed by atoms with van der Waals surface area (Å²) in [6.45, 7) is 0. The summed E-state index contributed by atoms with van der Waals surface area (Å²) in [4.78, 5) is 25.2. The summed E-state index contributed by atoms with van der Waals surface area (Å²) in [5, 5.41) is 6.34. The van der Waals surface area contributed by atoms with Gasteiger partial charge in [0.2, 0.25) is 0 Å². The molecule has 164 valence electrons. The topological polar surface area (TPSA) is 67.8 Å². The molecule has 0 aliphatic rings. The van der Waals surface area contributed by atoms with Crippen LogP contribution in [0.3, 0.4) is 0 Å². The van der Waals surface area contributed by atoms with E-state index < -0.39 is 11.9 Å². The molecule has 0 spiro atoms. The number of benzene rings is 4. The average molecular weight is 542 g/mol. The summed E-state index contributed by atoms with van der Waals surface area (Å²) >= 11 is 15.2. The van der Waals surface area contributed by atoms with Crippen molar-refractivity contribution >= 4 is 68.0 Å². The number of fused-ring (bicyclic) bond motifs is 1. The van der Waals surface area contributed by atoms with Gasteiger partial charge in [-0.25, -0.2) is 10.2 Å². The predicted octanol–water partition coefficient (Wildman–Crippen LogP) is 6.89. The van der Waals surface area contributed by atoms with Crippen LogP contribution in [0.15, 0.2) is 88.4 Å². The zero-order valence-electron chi connectivity index (χ0n) is 16.9. The minimum Gasteiger partial charge on any atom is -0.422 e. The third kappa shape index (κ3) is 5.42. The second kappa shape index (κ2) is 10.2. The Hall–Kier alpha value is -3.19. The lowest BCUT2D eigenvalue weighted by molar-refractivity contribution is 0.0736. The van der Waals surface area contributed by atoms with Crippen molar-refractivity contribution in [3.8, 4) is 5.75 Å². The molecule has 0 aliphatic heterocycles. The first-order valence-corrected chi connectivity index (χ1v) is 11.3. The van der Waals surface area contributed by atoms with E-state index in [1.165, 1.54) is 24.4 Å². The number of halogens is 3. The number of carbonyl (C=O) groups is 2. The van der Waals surface area contributed by atoms with Crippen LogP contribution >= 0.6 is 39.1 Å². The lowest BCUT2D eigenvalue weighted by Crippen LogP contribution is -2.17. The van der Waals surface area contributed by atoms with Gasteiger partial charge in [-0.2, -0.15) is 5.10 Å². The zero-order chi connectivity index (χ0) is 23.4. The molecule has 5 nitrogen and oxygen atoms in total. The van der Waals surface area contributed by atoms with E-state index in [1.807, 2.05) is 30.3 Å². The molecule has 0 radical (unpaired) electrons. The number of esters is 1. The highest BCUT2D eigenvalue weighted by molar-refractivity contribution is 9.10. The van der Waals surface area contributed by atoms with Crippen molar-refractivity contribution in [2.45, 2.75) is 0 Å². The molecule has 0 bridgehead atoms. The molecular weight excluding hydrogens is 527 g/mol. The van der Waals surface area contributed by atoms with Gasteiger partial charge >= 0.3 is 5.97 Å². The van der Waals surface area contributed by atoms with Crippen LogP contribution in [0.1, 0.15) is 26.3 Å². The van der Waals surface area contributed by atoms with Crippen molar-refractivity contribution in [2.75, 3.05) is 0 Å². The van der Waals surface area contributed by atoms with E-state index >= 15 is 0 Å². The summed E-state index contributed by atoms with van der Waals surface area (Å²) in [5.74, 6) is -0.665. The number of carbonyl (C=O) groups excluding carboxylic acids is 2. The third-order valence-electron chi connectivity index (χ3n) is 4.74. The minimum absolute atomic E-state index is 0.267. The SMILES string of the molecule is O=C(N/N=C\c1cc(Br)ccc1OC(=O)c1cccc2ccccc12)c1ccc(Cl)c(Cl)c1. The highest BCUT2D eigenvalue weighted by Gasteiger charge is 2.14. The average Bonchev–Trinajstić information content (AvgIpc) is 2.82. The van der Waals surface area contributed by atoms with Gasteiger partial charge in [0, 0.05) is 15.6 Å². The fourth-order valence-electron chi connectivity index (χ4n) is 3.13. The van der Waals surface area contributed by atoms with E-state index in [0.717, 1.165) is 15.2 Å². The molecule has 0 atom stereocenters. The third-order valence-corrected chi connectivity index (χ3v) is 5.97. The molecule has 0 fully saturated rings. The van der Waals surface area contributed by atoms with Crippen LogP contribution in [0.25, 0.3) is 10.8 Å². The number of hydrogen-bond acceptors (Lipinski definition) is 4. The molecule has 0 unspecified atom stereocenters. The van der Waals surface area contributed by atoms with Crippen molar-refractivity contribution < 1.29 is 14.3 Å². The molecule has 0 aliphatic carbocycles. The molecule has 0 aromatic heterocycles. The molecule has 4 aromatic carbocycles. The van der Waals surface area contributed by atoms with Crippen LogP contribution in [-0.4, -0.2) is 18.1 Å². The van der Waals surface area contributed by atoms with Crippen LogP contribution in [0.4, 0.5) is 0 Å². The number of ether oxygens (including phenoxy) is 1. The predicted molar refractivity (Wildman–Crippen MR) is 135 cm³/mol. The molecule has 1 amide bonds. The van der Waals surface area contributed by atoms with Gasteiger partial charge in [-0.15, -0.1) is 0 Å². The van der Waals surface area contributed by atoms with E-state index in [4.69, 9.17) is 27.9 Å². The quantitative estimate of drug-likeness (QED) is 0.129. The van der Waals surface area contributed by atoms with Crippen LogP contribution in [0.5, 0.6) is 5.75 Å². The maximum absolute atomic E-state index is 12.9. The fourth-order valence-corrected chi connectivity index (χ4v) is 3.81. The normalized spacial score (nSPS) is 11.0. The standard InChI is InChI=1S/C25H15BrCl2N2O3/c26-18-9-11-23(33-25(32)20-7-3-5-15-4-1-2-6-19(15)20)17(12-18)14-29-30-24(31)16-8-10-21(27)22(28)13-16/h1-14H,(H,30,31)/b29-14-. The second-order valence-electron chi connectivity index (χ2n) is 6.93. The first-order valence-electron chi connectivity index (χ1n) is 9.70. The van der Waals surface area contributed by atoms with Gasteiger partial charge < -0.3 is 4.74 Å². The van der Waals surface area contributed by atoms with Crippen molar-refractivity contribution in [3.05, 3.63) is 110 Å². The van der Waals surface area contributed by atoms with E-state index in [-0.39, 0.29) is 5.02 Å². The van der Waals surface area contributed by atoms with Crippen LogP contribution in [0.2, 0.25) is 10.0 Å². The Bertz CT molecular complexity index is 1400. The van der Waals surface area contributed by atoms with E-state index in [0.29, 0.717) is 27.5 Å². The summed E-state index contributed by atoms with van der Waals surface area (Å²) in [6.07, 6.45) is 1.39. The van der Waals surface area contributed by atoms with Gasteiger partial charge in [-0.05, 0) is 53.2 Å². The Kier molecular flexibility index (Phi) is 7.08. The number of hydrazone groups is 1. The molecule has 4 aromatic rings. The van der Waals surface area contributed by atoms with E-state index in [2.05, 4.69) is 26.5 Å². The first-order chi connectivity index (χ1) is 15.9. The van der Waals surface area contributed by atoms with Crippen molar-refractivity contribution in [2.24, 2.45) is 5.10 Å². The molecule has 33 heavy (non-hydrogen) atoms. The van der Waals surface area contributed by atoms with Crippen molar-refractivity contribution in [1.82, 2.24) is 5.43 Å². The van der Waals surface area contributed by atoms with Crippen LogP contribution in [-0.2, 0) is 0 Å². The Labute approximate surface area is 208 Å². The van der Waals surface area contributed by atoms with Crippen LogP contribution in [0, 0.1) is 0 Å². The summed E-state index contributed by atoms with van der Waals surface area (Å²) in [6, 6.07) is 22.7. The summed E-state index contributed by atoms with van der Waals surface area (Å²) in [5.41, 5.74) is 3.67. The second-order valence-corrected chi connectivity index (χ2v) is 8.66. The van der Waals surface area contributed by atoms with E-state index in [9.17, 15) is 9.59 Å². The number of hydrogen-bond donors (Lipinski definition) is 1. The largest absolute Gasteiger partial charge is 0.422 e. The highest BCUT2D eigenvalue weighted by Crippen LogP contribution is 2.25. The number of rotatable bonds is 5. The Morgan fingerprint density at radius 1 is 0.909 bits per heavy atom. The molecule has 4 rings (SSSR count). The summed E-state index contributed by atoms with van der Waals surface area (Å²) in [7, 11) is 0. The van der Waals surface area contributed by atoms with Gasteiger partial charge in [0.15, 0.2) is 0 Å². The van der Waals surface area contributed by atoms with Gasteiger partial charge in [0.05, 0.1) is 21.8 Å². The minimum atomic E-state index is -0.497. The maximum atomic E-state index is 12.9. The lowest BCUT2D eigenvalue weighted by atomic mass is 10.0. The zero-order valence-corrected chi connectivity index (χ0v) is 20.0. The highest BCUT2D eigenvalue weighted by atomic mass is 79.9. The van der Waals surface area contributed by atoms with Gasteiger partial charge in [-0.1, -0.05) is 75.5 Å². The molecular formula is C25H15BrCl2N2O3. The number of nitrogens with zero attached hydrogens (tertiary/aromatic N) is 1. The Balaban J connectivity index is 1.54. The smallest absolute Gasteiger partial charge is 0.344 e. The summed E-state index contributed by atoms with van der Waals surface area (Å²) < 4.78 is 6.42. The van der Waals surface area contributed by atoms with Gasteiger partial charge in [-0.3, -0.25) is 4.79 Å². The molecule has 0 saturated heterocycles. The number of amides is 1. The Morgan fingerprint density at radius 2 is 1.70 bits per heavy atom. The monoisotopic (exact) mass is 540 g/mol. The number of nitrogens with one attached hydrogen (secondary N) is 1. The van der Waals surface area contributed by atoms with Crippen LogP contribution < -0.4 is 10.2 Å². The molecule has 0 saturated carbocycles. The van der Waals surface area contributed by atoms with E-state index in [1.54, 1.807) is 30.3 Å². The van der Waals surface area contributed by atoms with Crippen molar-refractivity contribution in [1.29, 1.82) is 0 Å². The maximum Gasteiger partial charge on any atom is 0.344 e. The Morgan fingerprint density at radius 3 is 2.52 bits per heavy atom.